The summed E-state index contributed by atoms with van der Waals surface area (Å²) in [4.78, 5) is 36.5. The van der Waals surface area contributed by atoms with Crippen LogP contribution in [-0.2, 0) is 4.79 Å². The van der Waals surface area contributed by atoms with E-state index in [-0.39, 0.29) is 22.3 Å². The lowest BCUT2D eigenvalue weighted by atomic mass is 10.1. The molecule has 0 bridgehead atoms. The molecule has 1 aliphatic rings. The second-order valence-corrected chi connectivity index (χ2v) is 9.27. The molecule has 2 aromatic heterocycles. The molecule has 0 radical (unpaired) electrons. The van der Waals surface area contributed by atoms with Gasteiger partial charge in [0.1, 0.15) is 17.5 Å². The number of pyridine rings is 1. The summed E-state index contributed by atoms with van der Waals surface area (Å²) in [6, 6.07) is 9.10. The Hall–Kier alpha value is -3.54. The Labute approximate surface area is 217 Å². The third-order valence-corrected chi connectivity index (χ3v) is 6.54. The van der Waals surface area contributed by atoms with E-state index in [9.17, 15) is 14.7 Å². The Morgan fingerprint density at radius 1 is 1.22 bits per heavy atom. The van der Waals surface area contributed by atoms with Crippen LogP contribution in [0, 0.1) is 0 Å². The predicted molar refractivity (Wildman–Crippen MR) is 139 cm³/mol. The summed E-state index contributed by atoms with van der Waals surface area (Å²) in [6.45, 7) is 1.65. The molecule has 0 saturated heterocycles. The molecule has 3 aromatic rings. The van der Waals surface area contributed by atoms with Gasteiger partial charge < -0.3 is 31.3 Å². The van der Waals surface area contributed by atoms with Gasteiger partial charge in [-0.2, -0.15) is 0 Å². The maximum absolute atomic E-state index is 12.1. The number of carbonyl (C=O) groups excluding carboxylic acids is 1. The molecule has 0 spiro atoms. The van der Waals surface area contributed by atoms with Gasteiger partial charge in [0.2, 0.25) is 5.91 Å². The molecule has 3 heterocycles. The number of aromatic carboxylic acids is 1. The number of carboxylic acid groups (broad SMARTS) is 1. The standard InChI is InChI=1S/C23H26Cl2N8O3/c1-31(2)10-9-27-14-5-3-13(4-6-14)22-30-21-18(15(23(35)36)7-8-28-21)33(22)17(11-16(26)34)32-12-29-19(24)20(32)25/h3-8,12,17,22,27H,9-11H2,1-2H3,(H2,26,34)(H,28,30)(H,35,36). The van der Waals surface area contributed by atoms with Crippen molar-refractivity contribution in [2.75, 3.05) is 42.7 Å². The highest BCUT2D eigenvalue weighted by Gasteiger charge is 2.41. The minimum absolute atomic E-state index is 0.00813. The van der Waals surface area contributed by atoms with Crippen LogP contribution in [0.3, 0.4) is 0 Å². The van der Waals surface area contributed by atoms with E-state index < -0.39 is 24.2 Å². The summed E-state index contributed by atoms with van der Waals surface area (Å²) in [5.74, 6) is -1.41. The van der Waals surface area contributed by atoms with Gasteiger partial charge in [0.15, 0.2) is 11.0 Å². The van der Waals surface area contributed by atoms with Crippen molar-refractivity contribution >= 4 is 52.3 Å². The smallest absolute Gasteiger partial charge is 0.338 e. The SMILES string of the molecule is CN(C)CCNc1ccc(C2Nc3nccc(C(=O)O)c3N2C(CC(N)=O)n2cnc(Cl)c2Cl)cc1. The van der Waals surface area contributed by atoms with Gasteiger partial charge in [-0.3, -0.25) is 9.36 Å². The third kappa shape index (κ3) is 5.18. The van der Waals surface area contributed by atoms with E-state index in [1.54, 1.807) is 4.90 Å². The number of anilines is 3. The fraction of sp³-hybridized carbons (Fsp3) is 0.304. The Balaban J connectivity index is 1.78. The summed E-state index contributed by atoms with van der Waals surface area (Å²) in [6.07, 6.45) is 1.18. The number of hydrogen-bond acceptors (Lipinski definition) is 8. The third-order valence-electron chi connectivity index (χ3n) is 5.80. The van der Waals surface area contributed by atoms with Crippen molar-refractivity contribution in [3.63, 3.8) is 0 Å². The number of aromatic nitrogens is 3. The number of benzene rings is 1. The van der Waals surface area contributed by atoms with Crippen molar-refractivity contribution in [2.24, 2.45) is 5.73 Å². The van der Waals surface area contributed by atoms with Crippen molar-refractivity contribution in [1.82, 2.24) is 19.4 Å². The molecule has 0 saturated carbocycles. The Morgan fingerprint density at radius 2 is 1.94 bits per heavy atom. The summed E-state index contributed by atoms with van der Waals surface area (Å²) in [5.41, 5.74) is 7.65. The van der Waals surface area contributed by atoms with Gasteiger partial charge in [-0.15, -0.1) is 0 Å². The first-order valence-corrected chi connectivity index (χ1v) is 11.8. The van der Waals surface area contributed by atoms with Gasteiger partial charge in [0, 0.05) is 25.0 Å². The first kappa shape index (κ1) is 25.5. The van der Waals surface area contributed by atoms with Crippen LogP contribution in [0.25, 0.3) is 0 Å². The molecular weight excluding hydrogens is 507 g/mol. The number of likely N-dealkylation sites (N-methyl/N-ethyl adjacent to an activating group) is 1. The zero-order valence-electron chi connectivity index (χ0n) is 19.7. The predicted octanol–water partition coefficient (Wildman–Crippen LogP) is 3.26. The summed E-state index contributed by atoms with van der Waals surface area (Å²) >= 11 is 12.5. The first-order chi connectivity index (χ1) is 17.2. The number of hydrogen-bond donors (Lipinski definition) is 4. The highest BCUT2D eigenvalue weighted by atomic mass is 35.5. The molecule has 0 aliphatic carbocycles. The molecule has 36 heavy (non-hydrogen) atoms. The largest absolute Gasteiger partial charge is 0.478 e. The van der Waals surface area contributed by atoms with Gasteiger partial charge in [0.05, 0.1) is 24.0 Å². The van der Waals surface area contributed by atoms with E-state index in [1.165, 1.54) is 23.2 Å². The number of halogens is 2. The molecule has 1 aliphatic heterocycles. The molecule has 2 unspecified atom stereocenters. The molecule has 0 fully saturated rings. The summed E-state index contributed by atoms with van der Waals surface area (Å²) in [5, 5.41) is 16.7. The number of nitrogens with one attached hydrogen (secondary N) is 2. The van der Waals surface area contributed by atoms with E-state index >= 15 is 0 Å². The topological polar surface area (TPSA) is 142 Å². The highest BCUT2D eigenvalue weighted by molar-refractivity contribution is 6.40. The Kier molecular flexibility index (Phi) is 7.53. The van der Waals surface area contributed by atoms with E-state index in [2.05, 4.69) is 25.5 Å². The Morgan fingerprint density at radius 3 is 2.53 bits per heavy atom. The summed E-state index contributed by atoms with van der Waals surface area (Å²) in [7, 11) is 4.01. The number of nitrogens with zero attached hydrogens (tertiary/aromatic N) is 5. The lowest BCUT2D eigenvalue weighted by Crippen LogP contribution is -2.38. The number of imidazole rings is 1. The van der Waals surface area contributed by atoms with Crippen molar-refractivity contribution in [1.29, 1.82) is 0 Å². The van der Waals surface area contributed by atoms with Gasteiger partial charge in [-0.1, -0.05) is 35.3 Å². The number of fused-ring (bicyclic) bond motifs is 1. The second-order valence-electron chi connectivity index (χ2n) is 8.55. The Bertz CT molecular complexity index is 1260. The molecule has 1 amide bonds. The zero-order chi connectivity index (χ0) is 26.0. The molecule has 2 atom stereocenters. The van der Waals surface area contributed by atoms with Crippen molar-refractivity contribution in [3.05, 3.63) is 64.3 Å². The molecule has 1 aromatic carbocycles. The van der Waals surface area contributed by atoms with Crippen LogP contribution in [0.5, 0.6) is 0 Å². The number of nitrogens with two attached hydrogens (primary N) is 1. The maximum atomic E-state index is 12.1. The van der Waals surface area contributed by atoms with Crippen LogP contribution in [0.4, 0.5) is 17.2 Å². The zero-order valence-corrected chi connectivity index (χ0v) is 21.2. The van der Waals surface area contributed by atoms with E-state index in [4.69, 9.17) is 28.9 Å². The minimum atomic E-state index is -1.14. The van der Waals surface area contributed by atoms with Gasteiger partial charge >= 0.3 is 5.97 Å². The molecule has 13 heteroatoms. The van der Waals surface area contributed by atoms with E-state index in [0.29, 0.717) is 11.5 Å². The minimum Gasteiger partial charge on any atom is -0.478 e. The van der Waals surface area contributed by atoms with Crippen LogP contribution in [0.15, 0.2) is 42.9 Å². The fourth-order valence-corrected chi connectivity index (χ4v) is 4.48. The number of amides is 1. The summed E-state index contributed by atoms with van der Waals surface area (Å²) < 4.78 is 1.49. The molecule has 190 valence electrons. The van der Waals surface area contributed by atoms with Crippen molar-refractivity contribution in [3.8, 4) is 0 Å². The number of primary amides is 1. The van der Waals surface area contributed by atoms with E-state index in [0.717, 1.165) is 24.3 Å². The molecule has 5 N–H and O–H groups in total. The maximum Gasteiger partial charge on any atom is 0.338 e. The average molecular weight is 533 g/mol. The molecular formula is C23H26Cl2N8O3. The molecule has 4 rings (SSSR count). The van der Waals surface area contributed by atoms with Crippen LogP contribution >= 0.6 is 23.2 Å². The number of carboxylic acids is 1. The fourth-order valence-electron chi connectivity index (χ4n) is 4.14. The van der Waals surface area contributed by atoms with Crippen LogP contribution in [0.2, 0.25) is 10.3 Å². The van der Waals surface area contributed by atoms with Crippen LogP contribution < -0.4 is 21.3 Å². The van der Waals surface area contributed by atoms with Crippen LogP contribution in [-0.4, -0.2) is 63.6 Å². The van der Waals surface area contributed by atoms with Gasteiger partial charge in [-0.05, 0) is 37.9 Å². The number of rotatable bonds is 10. The van der Waals surface area contributed by atoms with Crippen LogP contribution in [0.1, 0.15) is 34.7 Å². The second kappa shape index (κ2) is 10.6. The first-order valence-electron chi connectivity index (χ1n) is 11.1. The quantitative estimate of drug-likeness (QED) is 0.309. The van der Waals surface area contributed by atoms with E-state index in [1.807, 2.05) is 38.4 Å². The van der Waals surface area contributed by atoms with Crippen molar-refractivity contribution < 1.29 is 14.7 Å². The number of carbonyl (C=O) groups is 2. The molecule has 11 nitrogen and oxygen atoms in total. The van der Waals surface area contributed by atoms with Gasteiger partial charge in [-0.25, -0.2) is 14.8 Å². The lowest BCUT2D eigenvalue weighted by molar-refractivity contribution is -0.118. The van der Waals surface area contributed by atoms with Gasteiger partial charge in [0.25, 0.3) is 0 Å². The van der Waals surface area contributed by atoms with Crippen molar-refractivity contribution in [2.45, 2.75) is 18.8 Å². The highest BCUT2D eigenvalue weighted by Crippen LogP contribution is 2.47. The monoisotopic (exact) mass is 532 g/mol. The normalized spacial score (nSPS) is 15.5. The average Bonchev–Trinajstić information content (AvgIpc) is 3.37. The lowest BCUT2D eigenvalue weighted by Gasteiger charge is -2.36.